The number of hydrogen-bond acceptors (Lipinski definition) is 3. The summed E-state index contributed by atoms with van der Waals surface area (Å²) in [6.07, 6.45) is 3.55. The predicted octanol–water partition coefficient (Wildman–Crippen LogP) is 2.03. The molecule has 1 atom stereocenters. The van der Waals surface area contributed by atoms with Gasteiger partial charge in [0.05, 0.1) is 4.90 Å². The van der Waals surface area contributed by atoms with E-state index < -0.39 is 10.0 Å². The van der Waals surface area contributed by atoms with E-state index in [-0.39, 0.29) is 12.5 Å². The topological polar surface area (TPSA) is 57.6 Å². The van der Waals surface area contributed by atoms with Gasteiger partial charge in [-0.1, -0.05) is 25.5 Å². The van der Waals surface area contributed by atoms with Crippen LogP contribution in [0.15, 0.2) is 29.2 Å². The van der Waals surface area contributed by atoms with Gasteiger partial charge >= 0.3 is 0 Å². The molecular formula is C15H23NO3S. The predicted molar refractivity (Wildman–Crippen MR) is 79.0 cm³/mol. The van der Waals surface area contributed by atoms with Crippen molar-refractivity contribution in [1.29, 1.82) is 0 Å². The third kappa shape index (κ3) is 3.40. The van der Waals surface area contributed by atoms with Gasteiger partial charge in [-0.3, -0.25) is 0 Å². The van der Waals surface area contributed by atoms with Crippen LogP contribution in [0, 0.1) is 5.92 Å². The summed E-state index contributed by atoms with van der Waals surface area (Å²) in [7, 11) is -3.37. The Morgan fingerprint density at radius 1 is 1.30 bits per heavy atom. The summed E-state index contributed by atoms with van der Waals surface area (Å²) in [5.74, 6) is 0.286. The Bertz CT molecular complexity index is 525. The van der Waals surface area contributed by atoms with Crippen molar-refractivity contribution in [2.75, 3.05) is 19.7 Å². The lowest BCUT2D eigenvalue weighted by Crippen LogP contribution is -2.29. The number of aryl methyl sites for hydroxylation is 1. The van der Waals surface area contributed by atoms with Gasteiger partial charge in [0.15, 0.2) is 0 Å². The number of aliphatic hydroxyl groups excluding tert-OH is 1. The van der Waals surface area contributed by atoms with Crippen LogP contribution in [0.1, 0.15) is 31.7 Å². The largest absolute Gasteiger partial charge is 0.396 e. The fourth-order valence-corrected chi connectivity index (χ4v) is 4.23. The van der Waals surface area contributed by atoms with Crippen molar-refractivity contribution < 1.29 is 13.5 Å². The molecule has 5 heteroatoms. The minimum absolute atomic E-state index is 0.129. The van der Waals surface area contributed by atoms with Gasteiger partial charge in [-0.25, -0.2) is 8.42 Å². The molecule has 0 spiro atoms. The summed E-state index contributed by atoms with van der Waals surface area (Å²) >= 11 is 0. The first-order chi connectivity index (χ1) is 9.57. The second-order valence-electron chi connectivity index (χ2n) is 5.42. The smallest absolute Gasteiger partial charge is 0.243 e. The maximum atomic E-state index is 12.5. The fourth-order valence-electron chi connectivity index (χ4n) is 2.70. The molecule has 1 unspecified atom stereocenters. The number of sulfonamides is 1. The van der Waals surface area contributed by atoms with Crippen LogP contribution in [0.4, 0.5) is 0 Å². The van der Waals surface area contributed by atoms with Crippen LogP contribution in [0.3, 0.4) is 0 Å². The van der Waals surface area contributed by atoms with E-state index in [4.69, 9.17) is 5.11 Å². The lowest BCUT2D eigenvalue weighted by atomic mass is 10.1. The summed E-state index contributed by atoms with van der Waals surface area (Å²) in [5.41, 5.74) is 1.17. The second-order valence-corrected chi connectivity index (χ2v) is 7.36. The van der Waals surface area contributed by atoms with Crippen molar-refractivity contribution in [3.63, 3.8) is 0 Å². The quantitative estimate of drug-likeness (QED) is 0.874. The van der Waals surface area contributed by atoms with Gasteiger partial charge in [-0.15, -0.1) is 0 Å². The molecule has 1 saturated heterocycles. The molecule has 1 heterocycles. The van der Waals surface area contributed by atoms with Gasteiger partial charge in [0.2, 0.25) is 10.0 Å². The summed E-state index contributed by atoms with van der Waals surface area (Å²) in [6.45, 7) is 3.32. The van der Waals surface area contributed by atoms with Crippen LogP contribution in [-0.4, -0.2) is 37.5 Å². The molecule has 1 aliphatic heterocycles. The average molecular weight is 297 g/mol. The minimum atomic E-state index is -3.37. The van der Waals surface area contributed by atoms with Gasteiger partial charge in [-0.2, -0.15) is 4.31 Å². The molecule has 1 aromatic carbocycles. The molecular weight excluding hydrogens is 274 g/mol. The zero-order valence-corrected chi connectivity index (χ0v) is 12.8. The van der Waals surface area contributed by atoms with E-state index in [1.54, 1.807) is 16.4 Å². The van der Waals surface area contributed by atoms with Crippen LogP contribution in [0.2, 0.25) is 0 Å². The van der Waals surface area contributed by atoms with Crippen molar-refractivity contribution in [1.82, 2.24) is 4.31 Å². The average Bonchev–Trinajstić information content (AvgIpc) is 2.90. The maximum absolute atomic E-state index is 12.5. The van der Waals surface area contributed by atoms with E-state index in [1.165, 1.54) is 5.56 Å². The monoisotopic (exact) mass is 297 g/mol. The van der Waals surface area contributed by atoms with Crippen molar-refractivity contribution in [3.8, 4) is 0 Å². The lowest BCUT2D eigenvalue weighted by molar-refractivity contribution is 0.259. The molecule has 2 rings (SSSR count). The highest BCUT2D eigenvalue weighted by Gasteiger charge is 2.32. The summed E-state index contributed by atoms with van der Waals surface area (Å²) in [6, 6.07) is 7.22. The number of aliphatic hydroxyl groups is 1. The molecule has 0 amide bonds. The van der Waals surface area contributed by atoms with Crippen LogP contribution < -0.4 is 0 Å². The molecule has 0 saturated carbocycles. The molecule has 4 nitrogen and oxygen atoms in total. The molecule has 0 radical (unpaired) electrons. The van der Waals surface area contributed by atoms with Crippen molar-refractivity contribution in [3.05, 3.63) is 29.8 Å². The molecule has 0 aromatic heterocycles. The highest BCUT2D eigenvalue weighted by atomic mass is 32.2. The molecule has 1 fully saturated rings. The zero-order chi connectivity index (χ0) is 14.6. The number of rotatable bonds is 6. The van der Waals surface area contributed by atoms with E-state index in [2.05, 4.69) is 6.92 Å². The Morgan fingerprint density at radius 2 is 2.00 bits per heavy atom. The van der Waals surface area contributed by atoms with Crippen LogP contribution in [0.5, 0.6) is 0 Å². The molecule has 112 valence electrons. The number of benzene rings is 1. The number of nitrogens with zero attached hydrogens (tertiary/aromatic N) is 1. The lowest BCUT2D eigenvalue weighted by Gasteiger charge is -2.16. The van der Waals surface area contributed by atoms with Crippen LogP contribution >= 0.6 is 0 Å². The molecule has 20 heavy (non-hydrogen) atoms. The number of hydrogen-bond donors (Lipinski definition) is 1. The van der Waals surface area contributed by atoms with Gasteiger partial charge in [0, 0.05) is 19.7 Å². The molecule has 1 aliphatic rings. The first kappa shape index (κ1) is 15.5. The Hall–Kier alpha value is -0.910. The van der Waals surface area contributed by atoms with E-state index in [0.717, 1.165) is 19.3 Å². The van der Waals surface area contributed by atoms with E-state index in [9.17, 15) is 8.42 Å². The van der Waals surface area contributed by atoms with Gasteiger partial charge in [0.1, 0.15) is 0 Å². The van der Waals surface area contributed by atoms with Crippen LogP contribution in [0.25, 0.3) is 0 Å². The third-order valence-electron chi connectivity index (χ3n) is 3.89. The highest BCUT2D eigenvalue weighted by molar-refractivity contribution is 7.89. The molecule has 1 N–H and O–H groups in total. The third-order valence-corrected chi connectivity index (χ3v) is 5.77. The van der Waals surface area contributed by atoms with Crippen molar-refractivity contribution >= 4 is 10.0 Å². The Labute approximate surface area is 121 Å². The standard InChI is InChI=1S/C15H23NO3S/c1-2-3-13-4-6-15(7-5-13)20(18,19)16-10-8-14(12-16)9-11-17/h4-7,14,17H,2-3,8-12H2,1H3. The first-order valence-electron chi connectivity index (χ1n) is 7.28. The minimum Gasteiger partial charge on any atom is -0.396 e. The maximum Gasteiger partial charge on any atom is 0.243 e. The van der Waals surface area contributed by atoms with E-state index in [0.29, 0.717) is 24.4 Å². The Kier molecular flexibility index (Phi) is 5.18. The van der Waals surface area contributed by atoms with Gasteiger partial charge in [-0.05, 0) is 42.9 Å². The van der Waals surface area contributed by atoms with E-state index >= 15 is 0 Å². The molecule has 1 aromatic rings. The summed E-state index contributed by atoms with van der Waals surface area (Å²) in [4.78, 5) is 0.377. The summed E-state index contributed by atoms with van der Waals surface area (Å²) in [5, 5.41) is 8.95. The first-order valence-corrected chi connectivity index (χ1v) is 8.72. The van der Waals surface area contributed by atoms with E-state index in [1.807, 2.05) is 12.1 Å². The molecule has 0 aliphatic carbocycles. The zero-order valence-electron chi connectivity index (χ0n) is 12.0. The van der Waals surface area contributed by atoms with Crippen molar-refractivity contribution in [2.45, 2.75) is 37.5 Å². The second kappa shape index (κ2) is 6.70. The Morgan fingerprint density at radius 3 is 2.60 bits per heavy atom. The van der Waals surface area contributed by atoms with Crippen LogP contribution in [-0.2, 0) is 16.4 Å². The van der Waals surface area contributed by atoms with Gasteiger partial charge in [0.25, 0.3) is 0 Å². The summed E-state index contributed by atoms with van der Waals surface area (Å²) < 4.78 is 26.6. The SMILES string of the molecule is CCCc1ccc(S(=O)(=O)N2CCC(CCO)C2)cc1. The van der Waals surface area contributed by atoms with Crippen molar-refractivity contribution in [2.24, 2.45) is 5.92 Å². The Balaban J connectivity index is 2.10. The van der Waals surface area contributed by atoms with Gasteiger partial charge < -0.3 is 5.11 Å². The molecule has 0 bridgehead atoms. The fraction of sp³-hybridized carbons (Fsp3) is 0.600. The normalized spacial score (nSPS) is 20.4. The highest BCUT2D eigenvalue weighted by Crippen LogP contribution is 2.26.